The second-order valence-corrected chi connectivity index (χ2v) is 6.87. The summed E-state index contributed by atoms with van der Waals surface area (Å²) in [6.45, 7) is 0. The zero-order valence-corrected chi connectivity index (χ0v) is 15.5. The van der Waals surface area contributed by atoms with Gasteiger partial charge in [-0.3, -0.25) is 5.43 Å². The Morgan fingerprint density at radius 1 is 1.07 bits per heavy atom. The van der Waals surface area contributed by atoms with Crippen molar-refractivity contribution >= 4 is 29.2 Å². The predicted molar refractivity (Wildman–Crippen MR) is 109 cm³/mol. The molecular formula is C21H15N4O2S-. The maximum atomic E-state index is 10.8. The molecule has 0 aliphatic heterocycles. The highest BCUT2D eigenvalue weighted by atomic mass is 32.1. The molecule has 0 fully saturated rings. The minimum absolute atomic E-state index is 0.124. The lowest BCUT2D eigenvalue weighted by Crippen LogP contribution is -2.21. The van der Waals surface area contributed by atoms with E-state index in [0.29, 0.717) is 5.69 Å². The zero-order valence-electron chi connectivity index (χ0n) is 14.6. The van der Waals surface area contributed by atoms with Crippen LogP contribution < -0.4 is 10.5 Å². The molecule has 0 radical (unpaired) electrons. The fourth-order valence-corrected chi connectivity index (χ4v) is 3.39. The lowest BCUT2D eigenvalue weighted by atomic mass is 10.2. The Labute approximate surface area is 165 Å². The van der Waals surface area contributed by atoms with Gasteiger partial charge < -0.3 is 9.90 Å². The third-order valence-corrected chi connectivity index (χ3v) is 4.91. The van der Waals surface area contributed by atoms with E-state index in [-0.39, 0.29) is 5.56 Å². The van der Waals surface area contributed by atoms with Crippen LogP contribution in [0.1, 0.15) is 15.9 Å². The summed E-state index contributed by atoms with van der Waals surface area (Å²) in [7, 11) is 0. The Bertz CT molecular complexity index is 1100. The van der Waals surface area contributed by atoms with E-state index in [0.717, 1.165) is 21.8 Å². The monoisotopic (exact) mass is 387 g/mol. The highest BCUT2D eigenvalue weighted by Crippen LogP contribution is 2.27. The van der Waals surface area contributed by atoms with Crippen molar-refractivity contribution in [2.24, 2.45) is 5.10 Å². The summed E-state index contributed by atoms with van der Waals surface area (Å²) in [6.07, 6.45) is 3.63. The van der Waals surface area contributed by atoms with Crippen molar-refractivity contribution in [3.8, 4) is 16.3 Å². The van der Waals surface area contributed by atoms with E-state index in [2.05, 4.69) is 10.5 Å². The van der Waals surface area contributed by atoms with E-state index in [4.69, 9.17) is 5.10 Å². The molecule has 138 valence electrons. The number of carbonyl (C=O) groups excluding carboxylic acids is 1. The van der Waals surface area contributed by atoms with Gasteiger partial charge in [-0.25, -0.2) is 4.68 Å². The molecule has 0 saturated carbocycles. The number of hydrazone groups is 1. The third kappa shape index (κ3) is 3.84. The van der Waals surface area contributed by atoms with Gasteiger partial charge in [-0.15, -0.1) is 11.3 Å². The molecule has 6 nitrogen and oxygen atoms in total. The van der Waals surface area contributed by atoms with Crippen LogP contribution in [0.5, 0.6) is 0 Å². The molecule has 2 aromatic heterocycles. The number of nitrogens with one attached hydrogen (secondary N) is 1. The van der Waals surface area contributed by atoms with Crippen molar-refractivity contribution in [1.29, 1.82) is 0 Å². The number of aromatic nitrogens is 2. The van der Waals surface area contributed by atoms with Gasteiger partial charge >= 0.3 is 0 Å². The van der Waals surface area contributed by atoms with Gasteiger partial charge in [-0.2, -0.15) is 10.2 Å². The molecule has 0 amide bonds. The van der Waals surface area contributed by atoms with Crippen molar-refractivity contribution < 1.29 is 9.90 Å². The summed E-state index contributed by atoms with van der Waals surface area (Å²) in [6, 6.07) is 20.1. The number of carboxylic acid groups (broad SMARTS) is 1. The first-order valence-corrected chi connectivity index (χ1v) is 9.38. The minimum atomic E-state index is -1.20. The van der Waals surface area contributed by atoms with Crippen LogP contribution in [0, 0.1) is 0 Å². The normalized spacial score (nSPS) is 11.0. The molecule has 0 aliphatic carbocycles. The van der Waals surface area contributed by atoms with Crippen molar-refractivity contribution in [1.82, 2.24) is 9.78 Å². The van der Waals surface area contributed by atoms with Crippen LogP contribution >= 0.6 is 11.3 Å². The lowest BCUT2D eigenvalue weighted by Gasteiger charge is -2.03. The van der Waals surface area contributed by atoms with Crippen LogP contribution in [0.25, 0.3) is 16.3 Å². The Morgan fingerprint density at radius 2 is 1.86 bits per heavy atom. The number of para-hydroxylation sites is 1. The van der Waals surface area contributed by atoms with E-state index in [1.165, 1.54) is 12.1 Å². The number of carboxylic acids is 1. The maximum absolute atomic E-state index is 10.8. The van der Waals surface area contributed by atoms with Crippen molar-refractivity contribution in [3.05, 3.63) is 89.4 Å². The van der Waals surface area contributed by atoms with Crippen molar-refractivity contribution in [2.45, 2.75) is 0 Å². The molecular weight excluding hydrogens is 372 g/mol. The molecule has 0 unspecified atom stereocenters. The lowest BCUT2D eigenvalue weighted by molar-refractivity contribution is -0.255. The summed E-state index contributed by atoms with van der Waals surface area (Å²) in [5.74, 6) is -1.20. The number of hydrogen-bond acceptors (Lipinski definition) is 6. The molecule has 2 heterocycles. The maximum Gasteiger partial charge on any atom is 0.112 e. The molecule has 4 rings (SSSR count). The van der Waals surface area contributed by atoms with Gasteiger partial charge in [0.15, 0.2) is 0 Å². The fraction of sp³-hybridized carbons (Fsp3) is 0. The number of rotatable bonds is 6. The second kappa shape index (κ2) is 7.89. The molecule has 0 spiro atoms. The van der Waals surface area contributed by atoms with E-state index < -0.39 is 5.97 Å². The number of aromatic carboxylic acids is 1. The average Bonchev–Trinajstić information content (AvgIpc) is 3.39. The average molecular weight is 387 g/mol. The first kappa shape index (κ1) is 17.7. The van der Waals surface area contributed by atoms with Gasteiger partial charge in [0.25, 0.3) is 0 Å². The van der Waals surface area contributed by atoms with Gasteiger partial charge in [0.1, 0.15) is 5.69 Å². The van der Waals surface area contributed by atoms with Crippen molar-refractivity contribution in [3.63, 3.8) is 0 Å². The van der Waals surface area contributed by atoms with Crippen LogP contribution in [0.4, 0.5) is 5.69 Å². The molecule has 1 N–H and O–H groups in total. The molecule has 0 atom stereocenters. The number of anilines is 1. The summed E-state index contributed by atoms with van der Waals surface area (Å²) in [4.78, 5) is 11.9. The molecule has 7 heteroatoms. The summed E-state index contributed by atoms with van der Waals surface area (Å²) in [5.41, 5.74) is 6.38. The number of carbonyl (C=O) groups is 1. The SMILES string of the molecule is O=C([O-])c1ccc(N/N=C\c2cn(-c3ccccc3)nc2-c2cccs2)cc1. The molecule has 2 aromatic carbocycles. The molecule has 0 bridgehead atoms. The van der Waals surface area contributed by atoms with E-state index in [9.17, 15) is 9.90 Å². The summed E-state index contributed by atoms with van der Waals surface area (Å²) in [5, 5.41) is 21.8. The Hall–Kier alpha value is -3.71. The van der Waals surface area contributed by atoms with Crippen molar-refractivity contribution in [2.75, 3.05) is 5.43 Å². The first-order chi connectivity index (χ1) is 13.7. The topological polar surface area (TPSA) is 82.3 Å². The smallest absolute Gasteiger partial charge is 0.112 e. The highest BCUT2D eigenvalue weighted by molar-refractivity contribution is 7.13. The van der Waals surface area contributed by atoms with E-state index >= 15 is 0 Å². The molecule has 4 aromatic rings. The second-order valence-electron chi connectivity index (χ2n) is 5.93. The van der Waals surface area contributed by atoms with E-state index in [1.807, 2.05) is 58.7 Å². The minimum Gasteiger partial charge on any atom is -0.545 e. The van der Waals surface area contributed by atoms with Gasteiger partial charge in [-0.05, 0) is 41.3 Å². The van der Waals surface area contributed by atoms with Crippen LogP contribution in [-0.4, -0.2) is 22.0 Å². The van der Waals surface area contributed by atoms with Crippen LogP contribution in [0.2, 0.25) is 0 Å². The Balaban J connectivity index is 1.60. The first-order valence-electron chi connectivity index (χ1n) is 8.50. The quantitative estimate of drug-likeness (QED) is 0.406. The zero-order chi connectivity index (χ0) is 19.3. The van der Waals surface area contributed by atoms with Gasteiger partial charge in [0.2, 0.25) is 0 Å². The van der Waals surface area contributed by atoms with Gasteiger partial charge in [0.05, 0.1) is 28.4 Å². The standard InChI is InChI=1S/C21H16N4O2S/c26-21(27)15-8-10-17(11-9-15)23-22-13-16-14-25(18-5-2-1-3-6-18)24-20(16)19-7-4-12-28-19/h1-14,23H,(H,26,27)/p-1/b22-13-. The van der Waals surface area contributed by atoms with Crippen LogP contribution in [0.3, 0.4) is 0 Å². The Morgan fingerprint density at radius 3 is 2.54 bits per heavy atom. The Kier molecular flexibility index (Phi) is 4.99. The number of nitrogens with zero attached hydrogens (tertiary/aromatic N) is 3. The molecule has 0 saturated heterocycles. The number of thiophene rings is 1. The van der Waals surface area contributed by atoms with E-state index in [1.54, 1.807) is 29.7 Å². The number of hydrogen-bond donors (Lipinski definition) is 1. The molecule has 0 aliphatic rings. The van der Waals surface area contributed by atoms with Crippen LogP contribution in [0.15, 0.2) is 83.4 Å². The predicted octanol–water partition coefficient (Wildman–Crippen LogP) is 3.41. The fourth-order valence-electron chi connectivity index (χ4n) is 2.66. The molecule has 28 heavy (non-hydrogen) atoms. The summed E-state index contributed by atoms with van der Waals surface area (Å²) < 4.78 is 1.82. The van der Waals surface area contributed by atoms with Gasteiger partial charge in [0, 0.05) is 11.8 Å². The third-order valence-electron chi connectivity index (χ3n) is 4.04. The van der Waals surface area contributed by atoms with Gasteiger partial charge in [-0.1, -0.05) is 36.4 Å². The summed E-state index contributed by atoms with van der Waals surface area (Å²) >= 11 is 1.61. The van der Waals surface area contributed by atoms with Crippen LogP contribution in [-0.2, 0) is 0 Å². The largest absolute Gasteiger partial charge is 0.545 e. The number of benzene rings is 2. The highest BCUT2D eigenvalue weighted by Gasteiger charge is 2.11.